The summed E-state index contributed by atoms with van der Waals surface area (Å²) >= 11 is -0.476. The second-order valence-electron chi connectivity index (χ2n) is 19.7. The number of alkyl halides is 6. The van der Waals surface area contributed by atoms with Crippen molar-refractivity contribution in [3.63, 3.8) is 0 Å². The normalized spacial score (nSPS) is 21.6. The van der Waals surface area contributed by atoms with E-state index in [0.717, 1.165) is 65.6 Å². The molecule has 0 saturated heterocycles. The van der Waals surface area contributed by atoms with Crippen LogP contribution >= 0.6 is 23.5 Å². The van der Waals surface area contributed by atoms with Crippen molar-refractivity contribution in [2.75, 3.05) is 52.2 Å². The summed E-state index contributed by atoms with van der Waals surface area (Å²) in [5, 5.41) is -2.39. The smallest absolute Gasteiger partial charge is 0.336 e. The highest BCUT2D eigenvalue weighted by Gasteiger charge is 2.33. The zero-order chi connectivity index (χ0) is 101. The first-order chi connectivity index (χ1) is 59.9. The molecule has 2 aromatic heterocycles. The molecule has 0 atom stereocenters. The highest BCUT2D eigenvalue weighted by molar-refractivity contribution is 7.98. The number of benzene rings is 6. The lowest BCUT2D eigenvalue weighted by atomic mass is 9.98. The first-order valence-corrected chi connectivity index (χ1v) is 30.1. The van der Waals surface area contributed by atoms with Gasteiger partial charge in [-0.3, -0.25) is 19.2 Å². The molecule has 0 N–H and O–H groups in total. The fourth-order valence-electron chi connectivity index (χ4n) is 8.62. The highest BCUT2D eigenvalue weighted by atomic mass is 32.2. The number of nitrogens with zero attached hydrogens (tertiary/aromatic N) is 8. The van der Waals surface area contributed by atoms with Gasteiger partial charge in [0.2, 0.25) is 11.8 Å². The summed E-state index contributed by atoms with van der Waals surface area (Å²) in [5.41, 5.74) is -21.9. The Kier molecular flexibility index (Phi) is 12.7. The molecule has 0 unspecified atom stereocenters. The van der Waals surface area contributed by atoms with E-state index in [1.807, 2.05) is 0 Å². The Labute approximate surface area is 609 Å². The van der Waals surface area contributed by atoms with Gasteiger partial charge in [-0.1, -0.05) is 148 Å². The Morgan fingerprint density at radius 1 is 0.547 bits per heavy atom. The lowest BCUT2D eigenvalue weighted by Crippen LogP contribution is -2.40. The number of carbonyl (C=O) groups is 2. The first kappa shape index (κ1) is 37.0. The van der Waals surface area contributed by atoms with Crippen molar-refractivity contribution in [1.82, 2.24) is 38.7 Å². The molecule has 502 valence electrons. The van der Waals surface area contributed by atoms with Crippen molar-refractivity contribution in [3.05, 3.63) is 233 Å². The van der Waals surface area contributed by atoms with Crippen LogP contribution in [0.15, 0.2) is 159 Å². The van der Waals surface area contributed by atoms with E-state index in [-0.39, 0.29) is 87.7 Å². The van der Waals surface area contributed by atoms with Crippen molar-refractivity contribution in [3.8, 4) is 22.3 Å². The van der Waals surface area contributed by atoms with Gasteiger partial charge in [0.05, 0.1) is 42.7 Å². The third-order valence-corrected chi connectivity index (χ3v) is 15.1. The van der Waals surface area contributed by atoms with Crippen LogP contribution in [0.4, 0.5) is 35.1 Å². The fourth-order valence-corrected chi connectivity index (χ4v) is 9.99. The molecule has 2 heterocycles. The van der Waals surface area contributed by atoms with E-state index in [9.17, 15) is 63.2 Å². The second-order valence-corrected chi connectivity index (χ2v) is 21.3. The van der Waals surface area contributed by atoms with Crippen molar-refractivity contribution < 1.29 is 95.4 Å². The molecule has 0 spiro atoms. The molecule has 0 aliphatic heterocycles. The molecule has 2 amide bonds. The molecule has 10 rings (SSSR count). The van der Waals surface area contributed by atoms with Gasteiger partial charge in [0.25, 0.3) is 11.1 Å². The zero-order valence-corrected chi connectivity index (χ0v) is 52.1. The van der Waals surface area contributed by atoms with Gasteiger partial charge in [-0.2, -0.15) is 36.3 Å². The molecule has 22 heteroatoms. The number of amides is 2. The Balaban J connectivity index is 0.000000300. The molecule has 0 saturated carbocycles. The van der Waals surface area contributed by atoms with Crippen LogP contribution in [0.2, 0.25) is 0 Å². The van der Waals surface area contributed by atoms with Crippen molar-refractivity contribution in [2.24, 2.45) is 0 Å². The maximum Gasteiger partial charge on any atom is 0.416 e. The molecule has 95 heavy (non-hydrogen) atoms. The van der Waals surface area contributed by atoms with E-state index in [4.69, 9.17) is 37.0 Å². The Bertz CT molecular complexity index is 5920. The predicted octanol–water partition coefficient (Wildman–Crippen LogP) is 14.7. The fraction of sp³-hybridized carbons (Fsp3) is 0.370. The molecule has 8 aromatic rings. The molecule has 6 aromatic carbocycles. The zero-order valence-electron chi connectivity index (χ0n) is 87.4. The number of fused-ring (bicyclic) bond motifs is 2. The van der Waals surface area contributed by atoms with Crippen molar-refractivity contribution in [2.45, 2.75) is 133 Å². The number of aromatic nitrogens is 4. The van der Waals surface area contributed by atoms with Crippen LogP contribution in [-0.2, 0) is 84.9 Å². The third-order valence-electron chi connectivity index (χ3n) is 13.5. The lowest BCUT2D eigenvalue weighted by Gasteiger charge is -2.28. The summed E-state index contributed by atoms with van der Waals surface area (Å²) in [6.45, 7) is -26.4. The molecule has 0 bridgehead atoms. The molecule has 0 radical (unpaired) electrons. The summed E-state index contributed by atoms with van der Waals surface area (Å²) in [7, 11) is 0. The van der Waals surface area contributed by atoms with Crippen molar-refractivity contribution in [1.29, 1.82) is 0 Å². The summed E-state index contributed by atoms with van der Waals surface area (Å²) in [5.74, 6) is -7.27. The van der Waals surface area contributed by atoms with Gasteiger partial charge >= 0.3 is 12.4 Å². The number of rotatable bonds is 26. The van der Waals surface area contributed by atoms with Gasteiger partial charge in [-0.05, 0) is 164 Å². The molecular formula is C73H78F8N8O4S2. The maximum absolute atomic E-state index is 15.4. The number of thioether (sulfide) groups is 2. The highest BCUT2D eigenvalue weighted by Crippen LogP contribution is 2.36. The summed E-state index contributed by atoms with van der Waals surface area (Å²) in [6, 6.07) is -3.47. The second kappa shape index (κ2) is 32.7. The average molecular weight is 1380 g/mol. The van der Waals surface area contributed by atoms with Crippen LogP contribution in [0.3, 0.4) is 0 Å². The van der Waals surface area contributed by atoms with Gasteiger partial charge in [0, 0.05) is 92.1 Å². The maximum atomic E-state index is 15.4. The molecule has 2 aliphatic carbocycles. The Hall–Kier alpha value is -7.92. The van der Waals surface area contributed by atoms with Crippen LogP contribution < -0.4 is 11.1 Å². The van der Waals surface area contributed by atoms with E-state index >= 15 is 4.79 Å². The number of halogens is 8. The molecule has 2 aliphatic rings. The number of hydrogen-bond donors (Lipinski definition) is 0. The van der Waals surface area contributed by atoms with Crippen molar-refractivity contribution >= 4 is 35.3 Å². The third kappa shape index (κ3) is 19.0. The van der Waals surface area contributed by atoms with Gasteiger partial charge < -0.3 is 28.7 Å². The SMILES string of the molecule is [2H]c1c([2H])c(C([2H])([2H])N(C(=O)C([2H])([2H])n2c(SC([2H])([2H])c3ccc(F)cc3)nc(=O)c3c2C([2H])([2H])C([2H])([2H])C3([2H])[2H])C([2H])([2H])C([2H])([2H])N(CC)CC)c([2H])c([2H])c1-c1c([2H])c([2H])c(C(F)(F)F)c(C)c1[2H].[2H]c1c([2H])c(C([2H])([2H])Sc2nc(=O)c3c(n2C([2H])([2H])C(=O)N(C([2H])([2H])c2ccc(-c4ccc(C(F)(F)F)cc4)cc2)C([2H])([2H])C([2H])([2H])N(CC)CC)CCC3)c([2H])c([2H])c1F. The van der Waals surface area contributed by atoms with Gasteiger partial charge in [-0.15, -0.1) is 0 Å². The summed E-state index contributed by atoms with van der Waals surface area (Å²) in [4.78, 5) is 65.2. The number of hydrogen-bond acceptors (Lipinski definition) is 10. The van der Waals surface area contributed by atoms with E-state index in [1.165, 1.54) is 39.8 Å². The minimum atomic E-state index is -5.31. The van der Waals surface area contributed by atoms with Crippen LogP contribution in [0.5, 0.6) is 0 Å². The minimum Gasteiger partial charge on any atom is -0.336 e. The van der Waals surface area contributed by atoms with Gasteiger partial charge in [-0.25, -0.2) is 8.78 Å². The van der Waals surface area contributed by atoms with Crippen LogP contribution in [0.25, 0.3) is 22.3 Å². The summed E-state index contributed by atoms with van der Waals surface area (Å²) < 4.78 is 437. The quantitative estimate of drug-likeness (QED) is 0.0295. The molecule has 12 nitrogen and oxygen atoms in total. The molecule has 0 fully saturated rings. The van der Waals surface area contributed by atoms with Gasteiger partial charge in [0.1, 0.15) is 24.6 Å². The average Bonchev–Trinajstić information content (AvgIpc) is 1.50. The Morgan fingerprint density at radius 2 is 1.04 bits per heavy atom. The number of likely N-dealkylation sites (N-methyl/N-ethyl adjacent to an activating group) is 2. The summed E-state index contributed by atoms with van der Waals surface area (Å²) in [6.07, 6.45) is -21.5. The van der Waals surface area contributed by atoms with Crippen LogP contribution in [0.1, 0.15) is 153 Å². The monoisotopic (exact) mass is 1380 g/mol. The largest absolute Gasteiger partial charge is 0.416 e. The van der Waals surface area contributed by atoms with Crippen LogP contribution in [0, 0.1) is 18.6 Å². The predicted molar refractivity (Wildman–Crippen MR) is 358 cm³/mol. The minimum absolute atomic E-state index is 0.000536. The van der Waals surface area contributed by atoms with Gasteiger partial charge in [0.15, 0.2) is 10.3 Å². The van der Waals surface area contributed by atoms with Crippen LogP contribution in [-0.4, -0.2) is 103 Å². The Morgan fingerprint density at radius 3 is 1.59 bits per heavy atom. The molecular weight excluding hydrogens is 1270 g/mol. The lowest BCUT2D eigenvalue weighted by molar-refractivity contribution is -0.138. The topological polar surface area (TPSA) is 117 Å². The first-order valence-electron chi connectivity index (χ1n) is 46.9. The number of carbonyl (C=O) groups excluding carboxylic acids is 2. The van der Waals surface area contributed by atoms with E-state index in [0.29, 0.717) is 16.4 Å². The van der Waals surface area contributed by atoms with E-state index in [2.05, 4.69) is 9.97 Å². The van der Waals surface area contributed by atoms with E-state index < -0.39 is 286 Å². The van der Waals surface area contributed by atoms with E-state index in [1.54, 1.807) is 0 Å². The standard InChI is InChI=1S/C37H40F4N4O2S.C36H38F4N4O2S/c1-4-43(5-2)19-20-44(22-26-9-13-28(14-10-26)29-15-18-32(25(3)21-29)37(39,40)41)34(46)23-45-33-8-6-7-31(33)35(47)42-36(45)48-24-27-11-16-30(38)17-12-27;1-3-42(4-2)20-21-43(22-25-8-12-27(13-9-25)28-14-16-29(17-15-28)36(38,39)40)33(45)23-44-32-7-5-6-31(32)34(46)41-35(44)47-24-26-10-18-30(37)19-11-26/h9-18,21H,4-8,19-20,22-24H2,1-3H3;8-19H,3-7,20-24H2,1-2H3/i6D2,7D2,8D2,9D,10D,13D,14D,15D,18D,19D2,20D2,21D,22D2,23D2,24D2;10D,11D,18D,19D,20D2,21D2,22D2,23D2,24D2.